The molecule has 0 aliphatic carbocycles. The second-order valence-electron chi connectivity index (χ2n) is 2.91. The van der Waals surface area contributed by atoms with E-state index in [2.05, 4.69) is 25.0 Å². The molecule has 0 spiro atoms. The number of anilines is 1. The van der Waals surface area contributed by atoms with Crippen molar-refractivity contribution in [2.75, 3.05) is 5.32 Å². The number of nitrogens with one attached hydrogen (secondary N) is 1. The van der Waals surface area contributed by atoms with Crippen LogP contribution in [0.5, 0.6) is 0 Å². The van der Waals surface area contributed by atoms with Crippen molar-refractivity contribution in [1.82, 2.24) is 15.1 Å². The summed E-state index contributed by atoms with van der Waals surface area (Å²) in [6.07, 6.45) is 2.71. The van der Waals surface area contributed by atoms with Crippen LogP contribution in [0.25, 0.3) is 0 Å². The van der Waals surface area contributed by atoms with Crippen molar-refractivity contribution in [1.29, 1.82) is 0 Å². The number of nitrogens with zero attached hydrogens (tertiary/aromatic N) is 3. The van der Waals surface area contributed by atoms with E-state index < -0.39 is 5.97 Å². The summed E-state index contributed by atoms with van der Waals surface area (Å²) in [4.78, 5) is 18.6. The fraction of sp³-hybridized carbons (Fsp3) is 0.111. The van der Waals surface area contributed by atoms with Gasteiger partial charge in [0.2, 0.25) is 6.39 Å². The van der Waals surface area contributed by atoms with Gasteiger partial charge in [0.25, 0.3) is 0 Å². The highest BCUT2D eigenvalue weighted by Crippen LogP contribution is 2.11. The molecule has 7 heteroatoms. The number of rotatable bonds is 4. The number of aromatic carboxylic acids is 1. The van der Waals surface area contributed by atoms with E-state index in [1.54, 1.807) is 6.07 Å². The highest BCUT2D eigenvalue weighted by molar-refractivity contribution is 5.92. The average Bonchev–Trinajstić information content (AvgIpc) is 2.79. The second-order valence-corrected chi connectivity index (χ2v) is 2.91. The summed E-state index contributed by atoms with van der Waals surface area (Å²) in [6, 6.07) is 3.02. The van der Waals surface area contributed by atoms with Crippen LogP contribution in [0.1, 0.15) is 16.2 Å². The first-order chi connectivity index (χ1) is 7.77. The standard InChI is InChI=1S/C9H8N4O3/c14-9(15)6-2-1-3-10-8(6)11-4-7-12-5-16-13-7/h1-3,5H,4H2,(H,10,11)(H,14,15). The maximum atomic E-state index is 10.9. The summed E-state index contributed by atoms with van der Waals surface area (Å²) in [6.45, 7) is 0.258. The first-order valence-electron chi connectivity index (χ1n) is 4.45. The lowest BCUT2D eigenvalue weighted by molar-refractivity contribution is 0.0697. The lowest BCUT2D eigenvalue weighted by Crippen LogP contribution is -2.08. The van der Waals surface area contributed by atoms with Crippen molar-refractivity contribution in [2.45, 2.75) is 6.54 Å². The molecule has 16 heavy (non-hydrogen) atoms. The van der Waals surface area contributed by atoms with Crippen LogP contribution in [-0.4, -0.2) is 26.2 Å². The van der Waals surface area contributed by atoms with Crippen molar-refractivity contribution >= 4 is 11.8 Å². The summed E-state index contributed by atoms with van der Waals surface area (Å²) < 4.78 is 4.54. The Morgan fingerprint density at radius 1 is 1.50 bits per heavy atom. The molecule has 2 heterocycles. The third-order valence-electron chi connectivity index (χ3n) is 1.86. The normalized spacial score (nSPS) is 10.0. The van der Waals surface area contributed by atoms with Crippen molar-refractivity contribution in [3.63, 3.8) is 0 Å². The molecule has 0 fully saturated rings. The van der Waals surface area contributed by atoms with Crippen LogP contribution in [0, 0.1) is 0 Å². The first-order valence-corrected chi connectivity index (χ1v) is 4.45. The number of carboxylic acid groups (broad SMARTS) is 1. The molecule has 2 aromatic rings. The Labute approximate surface area is 90.1 Å². The minimum atomic E-state index is -1.04. The molecule has 2 N–H and O–H groups in total. The van der Waals surface area contributed by atoms with Crippen LogP contribution >= 0.6 is 0 Å². The molecule has 7 nitrogen and oxygen atoms in total. The van der Waals surface area contributed by atoms with E-state index >= 15 is 0 Å². The van der Waals surface area contributed by atoms with Crippen molar-refractivity contribution in [3.05, 3.63) is 36.1 Å². The predicted octanol–water partition coefficient (Wildman–Crippen LogP) is 0.775. The van der Waals surface area contributed by atoms with Gasteiger partial charge in [-0.15, -0.1) is 0 Å². The number of carboxylic acids is 1. The molecule has 0 bridgehead atoms. The van der Waals surface area contributed by atoms with Gasteiger partial charge in [0.1, 0.15) is 11.4 Å². The predicted molar refractivity (Wildman–Crippen MR) is 52.8 cm³/mol. The van der Waals surface area contributed by atoms with Gasteiger partial charge in [0, 0.05) is 6.20 Å². The first kappa shape index (κ1) is 10.1. The topological polar surface area (TPSA) is 101 Å². The van der Waals surface area contributed by atoms with E-state index in [1.165, 1.54) is 18.7 Å². The van der Waals surface area contributed by atoms with Crippen LogP contribution in [0.4, 0.5) is 5.82 Å². The van der Waals surface area contributed by atoms with Crippen LogP contribution in [0.2, 0.25) is 0 Å². The zero-order valence-corrected chi connectivity index (χ0v) is 8.12. The molecule has 0 unspecified atom stereocenters. The third-order valence-corrected chi connectivity index (χ3v) is 1.86. The molecule has 0 aromatic carbocycles. The molecule has 0 aliphatic heterocycles. The summed E-state index contributed by atoms with van der Waals surface area (Å²) in [5.74, 6) is -0.328. The van der Waals surface area contributed by atoms with Crippen LogP contribution in [-0.2, 0) is 6.54 Å². The van der Waals surface area contributed by atoms with Gasteiger partial charge < -0.3 is 14.9 Å². The maximum Gasteiger partial charge on any atom is 0.339 e. The highest BCUT2D eigenvalue weighted by atomic mass is 16.5. The lowest BCUT2D eigenvalue weighted by Gasteiger charge is -2.05. The smallest absolute Gasteiger partial charge is 0.339 e. The molecule has 0 aliphatic rings. The number of hydrogen-bond acceptors (Lipinski definition) is 6. The molecule has 0 atom stereocenters. The minimum Gasteiger partial charge on any atom is -0.478 e. The van der Waals surface area contributed by atoms with Crippen molar-refractivity contribution in [2.24, 2.45) is 0 Å². The van der Waals surface area contributed by atoms with E-state index in [0.29, 0.717) is 5.82 Å². The summed E-state index contributed by atoms with van der Waals surface area (Å²) >= 11 is 0. The Bertz CT molecular complexity index is 483. The van der Waals surface area contributed by atoms with E-state index in [-0.39, 0.29) is 17.9 Å². The number of pyridine rings is 1. The van der Waals surface area contributed by atoms with Crippen LogP contribution < -0.4 is 5.32 Å². The SMILES string of the molecule is O=C(O)c1cccnc1NCc1ncon1. The quantitative estimate of drug-likeness (QED) is 0.784. The van der Waals surface area contributed by atoms with E-state index in [1.807, 2.05) is 0 Å². The Hall–Kier alpha value is -2.44. The van der Waals surface area contributed by atoms with Gasteiger partial charge >= 0.3 is 5.97 Å². The highest BCUT2D eigenvalue weighted by Gasteiger charge is 2.10. The van der Waals surface area contributed by atoms with Gasteiger partial charge in [-0.1, -0.05) is 5.16 Å². The van der Waals surface area contributed by atoms with Gasteiger partial charge in [-0.25, -0.2) is 9.78 Å². The van der Waals surface area contributed by atoms with Crippen molar-refractivity contribution < 1.29 is 14.4 Å². The van der Waals surface area contributed by atoms with Crippen molar-refractivity contribution in [3.8, 4) is 0 Å². The van der Waals surface area contributed by atoms with Crippen LogP contribution in [0.15, 0.2) is 29.2 Å². The molecular formula is C9H8N4O3. The summed E-state index contributed by atoms with van der Waals surface area (Å²) in [5, 5.41) is 15.3. The number of carbonyl (C=O) groups is 1. The molecule has 0 saturated heterocycles. The zero-order chi connectivity index (χ0) is 11.4. The number of hydrogen-bond donors (Lipinski definition) is 2. The van der Waals surface area contributed by atoms with Gasteiger partial charge in [-0.2, -0.15) is 4.98 Å². The largest absolute Gasteiger partial charge is 0.478 e. The van der Waals surface area contributed by atoms with Gasteiger partial charge in [0.15, 0.2) is 5.82 Å². The maximum absolute atomic E-state index is 10.9. The minimum absolute atomic E-state index is 0.103. The number of aromatic nitrogens is 3. The lowest BCUT2D eigenvalue weighted by atomic mass is 10.2. The molecular weight excluding hydrogens is 212 g/mol. The van der Waals surface area contributed by atoms with Crippen LogP contribution in [0.3, 0.4) is 0 Å². The molecule has 82 valence electrons. The molecule has 0 amide bonds. The monoisotopic (exact) mass is 220 g/mol. The zero-order valence-electron chi connectivity index (χ0n) is 8.12. The third kappa shape index (κ3) is 2.14. The van der Waals surface area contributed by atoms with Gasteiger partial charge in [0.05, 0.1) is 6.54 Å². The van der Waals surface area contributed by atoms with Gasteiger partial charge in [-0.3, -0.25) is 0 Å². The summed E-state index contributed by atoms with van der Waals surface area (Å²) in [5.41, 5.74) is 0.103. The van der Waals surface area contributed by atoms with Gasteiger partial charge in [-0.05, 0) is 12.1 Å². The molecule has 2 rings (SSSR count). The second kappa shape index (κ2) is 4.39. The Kier molecular flexibility index (Phi) is 2.77. The fourth-order valence-electron chi connectivity index (χ4n) is 1.15. The van der Waals surface area contributed by atoms with E-state index in [9.17, 15) is 4.79 Å². The molecule has 0 saturated carbocycles. The Balaban J connectivity index is 2.12. The Morgan fingerprint density at radius 3 is 3.06 bits per heavy atom. The van der Waals surface area contributed by atoms with E-state index in [4.69, 9.17) is 5.11 Å². The molecule has 0 radical (unpaired) electrons. The average molecular weight is 220 g/mol. The Morgan fingerprint density at radius 2 is 2.38 bits per heavy atom. The molecule has 2 aromatic heterocycles. The summed E-state index contributed by atoms with van der Waals surface area (Å²) in [7, 11) is 0. The van der Waals surface area contributed by atoms with E-state index in [0.717, 1.165) is 0 Å². The fourth-order valence-corrected chi connectivity index (χ4v) is 1.15.